The molecule has 3 aliphatic rings. The number of ether oxygens (including phenoxy) is 2. The van der Waals surface area contributed by atoms with Crippen LogP contribution < -0.4 is 14.8 Å². The first-order chi connectivity index (χ1) is 12.6. The molecule has 1 aromatic rings. The molecular weight excluding hydrogens is 330 g/mol. The number of carbonyl (C=O) groups is 1. The second kappa shape index (κ2) is 7.08. The first kappa shape index (κ1) is 17.6. The molecule has 0 radical (unpaired) electrons. The van der Waals surface area contributed by atoms with Gasteiger partial charge in [-0.25, -0.2) is 0 Å². The van der Waals surface area contributed by atoms with Crippen molar-refractivity contribution in [1.82, 2.24) is 15.1 Å². The van der Waals surface area contributed by atoms with Crippen LogP contribution in [0.4, 0.5) is 0 Å². The number of amides is 1. The van der Waals surface area contributed by atoms with Crippen LogP contribution in [0.1, 0.15) is 18.4 Å². The highest BCUT2D eigenvalue weighted by atomic mass is 16.5. The number of fused-ring (bicyclic) bond motifs is 1. The fourth-order valence-corrected chi connectivity index (χ4v) is 4.58. The van der Waals surface area contributed by atoms with E-state index in [1.807, 2.05) is 18.2 Å². The maximum atomic E-state index is 13.2. The van der Waals surface area contributed by atoms with Crippen LogP contribution >= 0.6 is 0 Å². The second-order valence-corrected chi connectivity index (χ2v) is 7.84. The Morgan fingerprint density at radius 3 is 2.88 bits per heavy atom. The standard InChI is InChI=1S/C20H29N3O3/c1-22-9-10-23(14-20(22)5-7-21-8-6-20)19(24)16-11-15-3-4-17(25-2)12-18(15)26-13-16/h3-4,12,16,21H,5-11,13-14H2,1-2H3/t16-/m1/s1. The van der Waals surface area contributed by atoms with E-state index in [0.29, 0.717) is 6.61 Å². The van der Waals surface area contributed by atoms with Crippen LogP contribution in [0.2, 0.25) is 0 Å². The number of methoxy groups -OCH3 is 1. The van der Waals surface area contributed by atoms with Gasteiger partial charge >= 0.3 is 0 Å². The van der Waals surface area contributed by atoms with Crippen LogP contribution in [0.3, 0.4) is 0 Å². The minimum Gasteiger partial charge on any atom is -0.497 e. The SMILES string of the molecule is COc1ccc2c(c1)OC[C@H](C(=O)N1CCN(C)C3(CCNCC3)C1)C2. The van der Waals surface area contributed by atoms with Crippen molar-refractivity contribution in [3.05, 3.63) is 23.8 Å². The molecule has 3 heterocycles. The summed E-state index contributed by atoms with van der Waals surface area (Å²) in [6.45, 7) is 5.14. The van der Waals surface area contributed by atoms with Crippen LogP contribution in [0.25, 0.3) is 0 Å². The van der Waals surface area contributed by atoms with Gasteiger partial charge in [-0.2, -0.15) is 0 Å². The number of nitrogens with one attached hydrogen (secondary N) is 1. The summed E-state index contributed by atoms with van der Waals surface area (Å²) < 4.78 is 11.2. The highest BCUT2D eigenvalue weighted by Crippen LogP contribution is 2.34. The molecule has 2 saturated heterocycles. The number of hydrogen-bond acceptors (Lipinski definition) is 5. The molecule has 26 heavy (non-hydrogen) atoms. The van der Waals surface area contributed by atoms with Crippen molar-refractivity contribution in [2.45, 2.75) is 24.8 Å². The Morgan fingerprint density at radius 2 is 2.12 bits per heavy atom. The van der Waals surface area contributed by atoms with Crippen molar-refractivity contribution in [2.24, 2.45) is 5.92 Å². The molecule has 0 aromatic heterocycles. The molecule has 142 valence electrons. The van der Waals surface area contributed by atoms with Crippen LogP contribution in [0, 0.1) is 5.92 Å². The molecule has 0 aliphatic carbocycles. The molecule has 0 unspecified atom stereocenters. The zero-order chi connectivity index (χ0) is 18.1. The van der Waals surface area contributed by atoms with Crippen molar-refractivity contribution in [1.29, 1.82) is 0 Å². The average Bonchev–Trinajstić information content (AvgIpc) is 2.69. The second-order valence-electron chi connectivity index (χ2n) is 7.84. The third kappa shape index (κ3) is 3.16. The summed E-state index contributed by atoms with van der Waals surface area (Å²) >= 11 is 0. The van der Waals surface area contributed by atoms with Gasteiger partial charge in [-0.1, -0.05) is 6.07 Å². The number of carbonyl (C=O) groups excluding carboxylic acids is 1. The largest absolute Gasteiger partial charge is 0.497 e. The summed E-state index contributed by atoms with van der Waals surface area (Å²) in [5, 5.41) is 3.44. The number of likely N-dealkylation sites (N-methyl/N-ethyl adjacent to an activating group) is 1. The maximum Gasteiger partial charge on any atom is 0.229 e. The number of hydrogen-bond donors (Lipinski definition) is 1. The fraction of sp³-hybridized carbons (Fsp3) is 0.650. The fourth-order valence-electron chi connectivity index (χ4n) is 4.58. The minimum absolute atomic E-state index is 0.0851. The first-order valence-electron chi connectivity index (χ1n) is 9.62. The molecule has 0 bridgehead atoms. The van der Waals surface area contributed by atoms with Crippen LogP contribution in [-0.2, 0) is 11.2 Å². The number of piperazine rings is 1. The number of rotatable bonds is 2. The van der Waals surface area contributed by atoms with Gasteiger partial charge < -0.3 is 19.7 Å². The predicted octanol–water partition coefficient (Wildman–Crippen LogP) is 1.14. The number of benzene rings is 1. The van der Waals surface area contributed by atoms with Crippen molar-refractivity contribution in [2.75, 3.05) is 53.5 Å². The summed E-state index contributed by atoms with van der Waals surface area (Å²) in [6.07, 6.45) is 2.97. The Balaban J connectivity index is 1.46. The van der Waals surface area contributed by atoms with E-state index in [2.05, 4.69) is 22.2 Å². The lowest BCUT2D eigenvalue weighted by atomic mass is 9.84. The van der Waals surface area contributed by atoms with Gasteiger partial charge in [-0.05, 0) is 51.0 Å². The zero-order valence-corrected chi connectivity index (χ0v) is 15.8. The Hall–Kier alpha value is -1.79. The predicted molar refractivity (Wildman–Crippen MR) is 99.7 cm³/mol. The monoisotopic (exact) mass is 359 g/mol. The van der Waals surface area contributed by atoms with Gasteiger partial charge in [0.2, 0.25) is 5.91 Å². The Kier molecular flexibility index (Phi) is 4.80. The molecule has 0 saturated carbocycles. The molecule has 1 atom stereocenters. The van der Waals surface area contributed by atoms with E-state index in [0.717, 1.165) is 69.0 Å². The Labute approximate surface area is 155 Å². The Morgan fingerprint density at radius 1 is 1.31 bits per heavy atom. The zero-order valence-electron chi connectivity index (χ0n) is 15.8. The van der Waals surface area contributed by atoms with Crippen LogP contribution in [0.15, 0.2) is 18.2 Å². The molecule has 6 nitrogen and oxygen atoms in total. The highest BCUT2D eigenvalue weighted by Gasteiger charge is 2.43. The smallest absolute Gasteiger partial charge is 0.229 e. The summed E-state index contributed by atoms with van der Waals surface area (Å²) in [6, 6.07) is 5.87. The molecule has 6 heteroatoms. The molecule has 2 fully saturated rings. The van der Waals surface area contributed by atoms with E-state index < -0.39 is 0 Å². The summed E-state index contributed by atoms with van der Waals surface area (Å²) in [7, 11) is 3.86. The van der Waals surface area contributed by atoms with E-state index in [1.165, 1.54) is 0 Å². The topological polar surface area (TPSA) is 54.0 Å². The molecule has 1 amide bonds. The van der Waals surface area contributed by atoms with E-state index in [4.69, 9.17) is 9.47 Å². The van der Waals surface area contributed by atoms with E-state index in [-0.39, 0.29) is 17.4 Å². The van der Waals surface area contributed by atoms with Gasteiger partial charge in [0.15, 0.2) is 0 Å². The first-order valence-corrected chi connectivity index (χ1v) is 9.62. The van der Waals surface area contributed by atoms with E-state index in [1.54, 1.807) is 7.11 Å². The van der Waals surface area contributed by atoms with Crippen molar-refractivity contribution in [3.63, 3.8) is 0 Å². The molecule has 1 N–H and O–H groups in total. The minimum atomic E-state index is -0.0851. The van der Waals surface area contributed by atoms with Crippen molar-refractivity contribution < 1.29 is 14.3 Å². The van der Waals surface area contributed by atoms with Gasteiger partial charge in [0.1, 0.15) is 18.1 Å². The van der Waals surface area contributed by atoms with E-state index >= 15 is 0 Å². The lowest BCUT2D eigenvalue weighted by Crippen LogP contribution is -2.65. The van der Waals surface area contributed by atoms with Gasteiger partial charge in [0.05, 0.1) is 13.0 Å². The molecular formula is C20H29N3O3. The lowest BCUT2D eigenvalue weighted by Gasteiger charge is -2.52. The number of nitrogens with zero attached hydrogens (tertiary/aromatic N) is 2. The summed E-state index contributed by atoms with van der Waals surface area (Å²) in [5.74, 6) is 1.80. The van der Waals surface area contributed by atoms with Crippen molar-refractivity contribution in [3.8, 4) is 11.5 Å². The molecule has 3 aliphatic heterocycles. The molecule has 1 spiro atoms. The van der Waals surface area contributed by atoms with Gasteiger partial charge in [0, 0.05) is 31.2 Å². The van der Waals surface area contributed by atoms with Crippen molar-refractivity contribution >= 4 is 5.91 Å². The third-order valence-corrected chi connectivity index (χ3v) is 6.38. The van der Waals surface area contributed by atoms with Crippen LogP contribution in [-0.4, -0.2) is 74.7 Å². The summed E-state index contributed by atoms with van der Waals surface area (Å²) in [4.78, 5) is 17.8. The van der Waals surface area contributed by atoms with Gasteiger partial charge in [-0.3, -0.25) is 9.69 Å². The lowest BCUT2D eigenvalue weighted by molar-refractivity contribution is -0.143. The maximum absolute atomic E-state index is 13.2. The van der Waals surface area contributed by atoms with Gasteiger partial charge in [0.25, 0.3) is 0 Å². The van der Waals surface area contributed by atoms with Gasteiger partial charge in [-0.15, -0.1) is 0 Å². The average molecular weight is 359 g/mol. The highest BCUT2D eigenvalue weighted by molar-refractivity contribution is 5.80. The quantitative estimate of drug-likeness (QED) is 0.858. The summed E-state index contributed by atoms with van der Waals surface area (Å²) in [5.41, 5.74) is 1.24. The van der Waals surface area contributed by atoms with E-state index in [9.17, 15) is 4.79 Å². The normalized spacial score (nSPS) is 25.5. The number of piperidine rings is 1. The Bertz CT molecular complexity index is 672. The molecule has 1 aromatic carbocycles. The third-order valence-electron chi connectivity index (χ3n) is 6.38. The molecule has 4 rings (SSSR count). The van der Waals surface area contributed by atoms with Crippen LogP contribution in [0.5, 0.6) is 11.5 Å².